The number of aryl methyl sites for hydroxylation is 1. The van der Waals surface area contributed by atoms with Crippen molar-refractivity contribution < 1.29 is 9.15 Å². The Morgan fingerprint density at radius 3 is 2.48 bits per heavy atom. The average molecular weight is 456 g/mol. The molecule has 0 aliphatic carbocycles. The number of nitrogens with one attached hydrogen (secondary N) is 1. The number of ether oxygens (including phenoxy) is 1. The van der Waals surface area contributed by atoms with Gasteiger partial charge in [-0.15, -0.1) is 0 Å². The fourth-order valence-electron chi connectivity index (χ4n) is 4.18. The molecule has 1 N–H and O–H groups in total. The smallest absolute Gasteiger partial charge is 0.174 e. The van der Waals surface area contributed by atoms with Crippen LogP contribution in [0.4, 0.5) is 5.69 Å². The van der Waals surface area contributed by atoms with E-state index in [0.717, 1.165) is 34.2 Å². The molecule has 1 aliphatic heterocycles. The molecule has 5 rings (SSSR count). The second kappa shape index (κ2) is 9.08. The molecule has 33 heavy (non-hydrogen) atoms. The maximum Gasteiger partial charge on any atom is 0.174 e. The predicted molar refractivity (Wildman–Crippen MR) is 134 cm³/mol. The van der Waals surface area contributed by atoms with E-state index in [-0.39, 0.29) is 12.1 Å². The molecule has 2 aromatic heterocycles. The van der Waals surface area contributed by atoms with Gasteiger partial charge >= 0.3 is 0 Å². The third kappa shape index (κ3) is 4.22. The van der Waals surface area contributed by atoms with Crippen LogP contribution in [-0.4, -0.2) is 16.7 Å². The molecule has 6 heteroatoms. The first-order valence-electron chi connectivity index (χ1n) is 11.0. The van der Waals surface area contributed by atoms with Gasteiger partial charge in [0.2, 0.25) is 0 Å². The third-order valence-corrected chi connectivity index (χ3v) is 6.09. The van der Waals surface area contributed by atoms with Gasteiger partial charge in [0, 0.05) is 17.4 Å². The van der Waals surface area contributed by atoms with Crippen molar-refractivity contribution in [3.05, 3.63) is 102 Å². The lowest BCUT2D eigenvalue weighted by atomic mass is 10.0. The van der Waals surface area contributed by atoms with Crippen molar-refractivity contribution in [3.8, 4) is 17.1 Å². The van der Waals surface area contributed by atoms with Gasteiger partial charge in [-0.2, -0.15) is 0 Å². The maximum absolute atomic E-state index is 6.42. The van der Waals surface area contributed by atoms with E-state index in [1.807, 2.05) is 61.5 Å². The van der Waals surface area contributed by atoms with Gasteiger partial charge in [-0.25, -0.2) is 0 Å². The first-order chi connectivity index (χ1) is 16.1. The van der Waals surface area contributed by atoms with Gasteiger partial charge in [0.1, 0.15) is 23.3 Å². The highest BCUT2D eigenvalue weighted by Gasteiger charge is 2.42. The van der Waals surface area contributed by atoms with Gasteiger partial charge in [-0.3, -0.25) is 4.98 Å². The van der Waals surface area contributed by atoms with E-state index in [9.17, 15) is 0 Å². The molecular formula is C27H25N3O2S. The monoisotopic (exact) mass is 455 g/mol. The molecule has 0 saturated carbocycles. The van der Waals surface area contributed by atoms with Gasteiger partial charge in [-0.1, -0.05) is 23.8 Å². The van der Waals surface area contributed by atoms with Crippen LogP contribution < -0.4 is 15.0 Å². The SMILES string of the molecule is CCOc1ccc(-c2ccc([C@H]3[C@H](c4ccccn4)NC(=S)N3c3ccc(C)cc3)o2)cc1. The average Bonchev–Trinajstić information content (AvgIpc) is 3.46. The molecule has 0 spiro atoms. The van der Waals surface area contributed by atoms with Gasteiger partial charge in [0.25, 0.3) is 0 Å². The minimum atomic E-state index is -0.174. The van der Waals surface area contributed by atoms with Crippen molar-refractivity contribution in [2.45, 2.75) is 25.9 Å². The van der Waals surface area contributed by atoms with Crippen LogP contribution in [0.5, 0.6) is 5.75 Å². The third-order valence-electron chi connectivity index (χ3n) is 5.78. The number of pyridine rings is 1. The maximum atomic E-state index is 6.42. The number of thiocarbonyl (C=S) groups is 1. The van der Waals surface area contributed by atoms with E-state index in [2.05, 4.69) is 46.4 Å². The van der Waals surface area contributed by atoms with Crippen LogP contribution in [0.2, 0.25) is 0 Å². The zero-order valence-electron chi connectivity index (χ0n) is 18.6. The number of hydrogen-bond donors (Lipinski definition) is 1. The van der Waals surface area contributed by atoms with Crippen LogP contribution in [0.1, 0.15) is 36.0 Å². The lowest BCUT2D eigenvalue weighted by Gasteiger charge is -2.26. The van der Waals surface area contributed by atoms with Crippen molar-refractivity contribution >= 4 is 23.0 Å². The summed E-state index contributed by atoms with van der Waals surface area (Å²) in [5, 5.41) is 4.12. The van der Waals surface area contributed by atoms with Crippen molar-refractivity contribution in [2.24, 2.45) is 0 Å². The first kappa shape index (κ1) is 21.2. The Hall–Kier alpha value is -3.64. The molecule has 3 heterocycles. The van der Waals surface area contributed by atoms with E-state index in [0.29, 0.717) is 11.7 Å². The van der Waals surface area contributed by atoms with Crippen LogP contribution in [-0.2, 0) is 0 Å². The van der Waals surface area contributed by atoms with Crippen LogP contribution in [0.15, 0.2) is 89.5 Å². The fourth-order valence-corrected chi connectivity index (χ4v) is 4.52. The van der Waals surface area contributed by atoms with Gasteiger partial charge in [0.15, 0.2) is 5.11 Å². The van der Waals surface area contributed by atoms with Gasteiger partial charge in [0.05, 0.1) is 18.3 Å². The largest absolute Gasteiger partial charge is 0.494 e. The van der Waals surface area contributed by atoms with Crippen molar-refractivity contribution in [1.29, 1.82) is 0 Å². The highest BCUT2D eigenvalue weighted by Crippen LogP contribution is 2.43. The molecule has 0 unspecified atom stereocenters. The summed E-state index contributed by atoms with van der Waals surface area (Å²) in [5.74, 6) is 2.47. The van der Waals surface area contributed by atoms with Crippen LogP contribution in [0, 0.1) is 6.92 Å². The second-order valence-electron chi connectivity index (χ2n) is 7.99. The first-order valence-corrected chi connectivity index (χ1v) is 11.4. The van der Waals surface area contributed by atoms with Crippen molar-refractivity contribution in [1.82, 2.24) is 10.3 Å². The normalized spacial score (nSPS) is 17.8. The lowest BCUT2D eigenvalue weighted by Crippen LogP contribution is -2.29. The van der Waals surface area contributed by atoms with E-state index >= 15 is 0 Å². The number of aromatic nitrogens is 1. The Kier molecular flexibility index (Phi) is 5.84. The fraction of sp³-hybridized carbons (Fsp3) is 0.185. The molecule has 1 aliphatic rings. The van der Waals surface area contributed by atoms with Crippen LogP contribution >= 0.6 is 12.2 Å². The molecule has 2 aromatic carbocycles. The highest BCUT2D eigenvalue weighted by atomic mass is 32.1. The van der Waals surface area contributed by atoms with Crippen molar-refractivity contribution in [3.63, 3.8) is 0 Å². The predicted octanol–water partition coefficient (Wildman–Crippen LogP) is 6.23. The number of furan rings is 1. The number of benzene rings is 2. The molecule has 4 aromatic rings. The Bertz CT molecular complexity index is 1240. The molecule has 0 amide bonds. The Labute approximate surface area is 199 Å². The number of rotatable bonds is 6. The molecular weight excluding hydrogens is 430 g/mol. The number of hydrogen-bond acceptors (Lipinski definition) is 4. The summed E-state index contributed by atoms with van der Waals surface area (Å²) in [7, 11) is 0. The summed E-state index contributed by atoms with van der Waals surface area (Å²) in [5.41, 5.74) is 4.12. The summed E-state index contributed by atoms with van der Waals surface area (Å²) in [6, 6.07) is 26.0. The van der Waals surface area contributed by atoms with Gasteiger partial charge in [-0.05, 0) is 86.7 Å². The molecule has 1 fully saturated rings. The topological polar surface area (TPSA) is 50.5 Å². The Morgan fingerprint density at radius 1 is 1.00 bits per heavy atom. The standard InChI is InChI=1S/C27H25N3O2S/c1-3-31-21-13-9-19(10-14-21)23-15-16-24(32-23)26-25(22-6-4-5-17-28-22)29-27(33)30(26)20-11-7-18(2)8-12-20/h4-17,25-26H,3H2,1-2H3,(H,29,33)/t25-,26-/m0/s1. The Balaban J connectivity index is 1.54. The summed E-state index contributed by atoms with van der Waals surface area (Å²) < 4.78 is 12.0. The molecule has 5 nitrogen and oxygen atoms in total. The molecule has 1 saturated heterocycles. The minimum Gasteiger partial charge on any atom is -0.494 e. The number of nitrogens with zero attached hydrogens (tertiary/aromatic N) is 2. The zero-order chi connectivity index (χ0) is 22.8. The summed E-state index contributed by atoms with van der Waals surface area (Å²) in [6.07, 6.45) is 1.80. The summed E-state index contributed by atoms with van der Waals surface area (Å²) in [6.45, 7) is 4.70. The quantitative estimate of drug-likeness (QED) is 0.348. The van der Waals surface area contributed by atoms with Crippen LogP contribution in [0.3, 0.4) is 0 Å². The van der Waals surface area contributed by atoms with E-state index in [1.54, 1.807) is 6.20 Å². The second-order valence-corrected chi connectivity index (χ2v) is 8.38. The Morgan fingerprint density at radius 2 is 1.79 bits per heavy atom. The zero-order valence-corrected chi connectivity index (χ0v) is 19.4. The van der Waals surface area contributed by atoms with Gasteiger partial charge < -0.3 is 19.4 Å². The molecule has 0 radical (unpaired) electrons. The van der Waals surface area contributed by atoms with Crippen LogP contribution in [0.25, 0.3) is 11.3 Å². The molecule has 0 bridgehead atoms. The van der Waals surface area contributed by atoms with Crippen molar-refractivity contribution in [2.75, 3.05) is 11.5 Å². The van der Waals surface area contributed by atoms with E-state index in [1.165, 1.54) is 5.56 Å². The van der Waals surface area contributed by atoms with E-state index < -0.39 is 0 Å². The summed E-state index contributed by atoms with van der Waals surface area (Å²) in [4.78, 5) is 6.72. The lowest BCUT2D eigenvalue weighted by molar-refractivity contribution is 0.340. The highest BCUT2D eigenvalue weighted by molar-refractivity contribution is 7.80. The molecule has 2 atom stereocenters. The van der Waals surface area contributed by atoms with E-state index in [4.69, 9.17) is 21.4 Å². The summed E-state index contributed by atoms with van der Waals surface area (Å²) >= 11 is 5.78. The molecule has 166 valence electrons. The number of anilines is 1. The minimum absolute atomic E-state index is 0.140.